The smallest absolute Gasteiger partial charge is 0.410 e. The van der Waals surface area contributed by atoms with Crippen LogP contribution in [0.2, 0.25) is 0 Å². The van der Waals surface area contributed by atoms with E-state index in [0.29, 0.717) is 18.9 Å². The van der Waals surface area contributed by atoms with E-state index in [2.05, 4.69) is 62.4 Å². The summed E-state index contributed by atoms with van der Waals surface area (Å²) in [6.07, 6.45) is 6.32. The molecule has 0 spiro atoms. The van der Waals surface area contributed by atoms with Gasteiger partial charge in [-0.05, 0) is 61.3 Å². The van der Waals surface area contributed by atoms with Gasteiger partial charge in [0, 0.05) is 24.6 Å². The molecule has 4 nitrogen and oxygen atoms in total. The van der Waals surface area contributed by atoms with Crippen molar-refractivity contribution in [3.8, 4) is 11.1 Å². The van der Waals surface area contributed by atoms with E-state index in [-0.39, 0.29) is 30.7 Å². The van der Waals surface area contributed by atoms with E-state index in [1.165, 1.54) is 41.5 Å². The Balaban J connectivity index is 1.52. The summed E-state index contributed by atoms with van der Waals surface area (Å²) in [5, 5.41) is 9.72. The minimum absolute atomic E-state index is 0.0362. The van der Waals surface area contributed by atoms with Crippen LogP contribution in [0.1, 0.15) is 69.4 Å². The highest BCUT2D eigenvalue weighted by Gasteiger charge is 2.35. The minimum Gasteiger partial charge on any atom is -0.448 e. The third-order valence-electron chi connectivity index (χ3n) is 7.08. The minimum atomic E-state index is -0.249. The lowest BCUT2D eigenvalue weighted by Crippen LogP contribution is -2.49. The predicted molar refractivity (Wildman–Crippen MR) is 124 cm³/mol. The Kier molecular flexibility index (Phi) is 6.96. The average molecular weight is 422 g/mol. The lowest BCUT2D eigenvalue weighted by Gasteiger charge is -2.40. The molecule has 1 fully saturated rings. The van der Waals surface area contributed by atoms with Crippen LogP contribution in [0.4, 0.5) is 4.79 Å². The van der Waals surface area contributed by atoms with E-state index in [1.807, 2.05) is 4.90 Å². The fraction of sp³-hybridized carbons (Fsp3) is 0.519. The Labute approximate surface area is 186 Å². The molecule has 1 N–H and O–H groups in total. The van der Waals surface area contributed by atoms with Crippen LogP contribution in [0.25, 0.3) is 11.1 Å². The third kappa shape index (κ3) is 4.50. The third-order valence-corrected chi connectivity index (χ3v) is 7.08. The summed E-state index contributed by atoms with van der Waals surface area (Å²) < 4.78 is 5.99. The summed E-state index contributed by atoms with van der Waals surface area (Å²) in [5.41, 5.74) is 4.93. The SMILES string of the molecule is CC(C)N(C(=O)OCC1c2ccccc2-c2ccccc21)C(CCO)C1CCCCC1. The van der Waals surface area contributed by atoms with Crippen LogP contribution in [-0.4, -0.2) is 41.4 Å². The molecule has 4 heteroatoms. The summed E-state index contributed by atoms with van der Waals surface area (Å²) in [7, 11) is 0. The van der Waals surface area contributed by atoms with Crippen molar-refractivity contribution < 1.29 is 14.6 Å². The summed E-state index contributed by atoms with van der Waals surface area (Å²) in [6.45, 7) is 4.54. The van der Waals surface area contributed by atoms with Crippen molar-refractivity contribution in [1.29, 1.82) is 0 Å². The van der Waals surface area contributed by atoms with Gasteiger partial charge >= 0.3 is 6.09 Å². The molecule has 0 aromatic heterocycles. The molecule has 31 heavy (non-hydrogen) atoms. The van der Waals surface area contributed by atoms with Crippen molar-refractivity contribution in [2.45, 2.75) is 70.4 Å². The first kappa shape index (κ1) is 21.9. The molecular formula is C27H35NO3. The molecule has 2 aliphatic rings. The molecule has 2 aromatic carbocycles. The van der Waals surface area contributed by atoms with Crippen molar-refractivity contribution in [1.82, 2.24) is 4.90 Å². The van der Waals surface area contributed by atoms with Crippen molar-refractivity contribution in [2.75, 3.05) is 13.2 Å². The van der Waals surface area contributed by atoms with Gasteiger partial charge in [-0.25, -0.2) is 4.79 Å². The van der Waals surface area contributed by atoms with E-state index in [0.717, 1.165) is 12.8 Å². The number of aliphatic hydroxyl groups excluding tert-OH is 1. The van der Waals surface area contributed by atoms with Crippen molar-refractivity contribution in [2.24, 2.45) is 5.92 Å². The van der Waals surface area contributed by atoms with Crippen molar-refractivity contribution in [3.05, 3.63) is 59.7 Å². The molecule has 2 aromatic rings. The number of benzene rings is 2. The van der Waals surface area contributed by atoms with Gasteiger partial charge in [0.2, 0.25) is 0 Å². The van der Waals surface area contributed by atoms with Gasteiger partial charge in [-0.3, -0.25) is 0 Å². The number of ether oxygens (including phenoxy) is 1. The maximum Gasteiger partial charge on any atom is 0.410 e. The Bertz CT molecular complexity index is 842. The number of amides is 1. The molecule has 0 radical (unpaired) electrons. The lowest BCUT2D eigenvalue weighted by molar-refractivity contribution is 0.0395. The second kappa shape index (κ2) is 9.86. The lowest BCUT2D eigenvalue weighted by atomic mass is 9.81. The van der Waals surface area contributed by atoms with Gasteiger partial charge in [-0.2, -0.15) is 0 Å². The van der Waals surface area contributed by atoms with E-state index in [1.54, 1.807) is 0 Å². The Morgan fingerprint density at radius 2 is 1.58 bits per heavy atom. The quantitative estimate of drug-likeness (QED) is 0.598. The van der Waals surface area contributed by atoms with Gasteiger partial charge in [0.1, 0.15) is 6.61 Å². The van der Waals surface area contributed by atoms with Crippen molar-refractivity contribution >= 4 is 6.09 Å². The van der Waals surface area contributed by atoms with Crippen molar-refractivity contribution in [3.63, 3.8) is 0 Å². The Morgan fingerprint density at radius 3 is 2.13 bits per heavy atom. The summed E-state index contributed by atoms with van der Waals surface area (Å²) in [5.74, 6) is 0.514. The number of rotatable bonds is 7. The van der Waals surface area contributed by atoms with Gasteiger partial charge in [-0.1, -0.05) is 67.8 Å². The average Bonchev–Trinajstić information content (AvgIpc) is 3.11. The normalized spacial score (nSPS) is 17.3. The number of nitrogens with zero attached hydrogens (tertiary/aromatic N) is 1. The highest BCUT2D eigenvalue weighted by molar-refractivity contribution is 5.79. The van der Waals surface area contributed by atoms with Crippen LogP contribution in [0.5, 0.6) is 0 Å². The van der Waals surface area contributed by atoms with Gasteiger partial charge < -0.3 is 14.7 Å². The van der Waals surface area contributed by atoms with E-state index >= 15 is 0 Å². The molecule has 0 saturated heterocycles. The second-order valence-electron chi connectivity index (χ2n) is 9.28. The number of aliphatic hydroxyl groups is 1. The molecule has 1 amide bonds. The number of carbonyl (C=O) groups excluding carboxylic acids is 1. The van der Waals surface area contributed by atoms with E-state index in [9.17, 15) is 9.90 Å². The number of carbonyl (C=O) groups is 1. The maximum atomic E-state index is 13.3. The molecule has 1 atom stereocenters. The fourth-order valence-electron chi connectivity index (χ4n) is 5.65. The van der Waals surface area contributed by atoms with Crippen LogP contribution < -0.4 is 0 Å². The fourth-order valence-corrected chi connectivity index (χ4v) is 5.65. The molecule has 0 aliphatic heterocycles. The zero-order valence-electron chi connectivity index (χ0n) is 18.8. The molecule has 4 rings (SSSR count). The first-order valence-electron chi connectivity index (χ1n) is 11.9. The molecule has 1 saturated carbocycles. The first-order valence-corrected chi connectivity index (χ1v) is 11.9. The molecule has 0 bridgehead atoms. The number of hydrogen-bond donors (Lipinski definition) is 1. The highest BCUT2D eigenvalue weighted by atomic mass is 16.6. The van der Waals surface area contributed by atoms with Crippen LogP contribution in [0.15, 0.2) is 48.5 Å². The van der Waals surface area contributed by atoms with Crippen LogP contribution >= 0.6 is 0 Å². The monoisotopic (exact) mass is 421 g/mol. The van der Waals surface area contributed by atoms with Gasteiger partial charge in [0.05, 0.1) is 0 Å². The van der Waals surface area contributed by atoms with Gasteiger partial charge in [0.25, 0.3) is 0 Å². The summed E-state index contributed by atoms with van der Waals surface area (Å²) >= 11 is 0. The van der Waals surface area contributed by atoms with E-state index in [4.69, 9.17) is 4.74 Å². The Hall–Kier alpha value is -2.33. The number of fused-ring (bicyclic) bond motifs is 3. The molecule has 1 unspecified atom stereocenters. The highest BCUT2D eigenvalue weighted by Crippen LogP contribution is 2.44. The summed E-state index contributed by atoms with van der Waals surface area (Å²) in [6, 6.07) is 16.9. The zero-order chi connectivity index (χ0) is 21.8. The second-order valence-corrected chi connectivity index (χ2v) is 9.28. The van der Waals surface area contributed by atoms with Crippen LogP contribution in [0, 0.1) is 5.92 Å². The first-order chi connectivity index (χ1) is 15.1. The number of hydrogen-bond acceptors (Lipinski definition) is 3. The van der Waals surface area contributed by atoms with Crippen LogP contribution in [-0.2, 0) is 4.74 Å². The Morgan fingerprint density at radius 1 is 1.00 bits per heavy atom. The standard InChI is InChI=1S/C27H35NO3/c1-19(2)28(26(16-17-29)20-10-4-3-5-11-20)27(30)31-18-25-23-14-8-6-12-21(23)22-13-7-9-15-24(22)25/h6-9,12-15,19-20,25-26,29H,3-5,10-11,16-18H2,1-2H3. The van der Waals surface area contributed by atoms with Crippen LogP contribution in [0.3, 0.4) is 0 Å². The topological polar surface area (TPSA) is 49.8 Å². The molecule has 0 heterocycles. The zero-order valence-corrected chi connectivity index (χ0v) is 18.8. The molecule has 2 aliphatic carbocycles. The van der Waals surface area contributed by atoms with Gasteiger partial charge in [-0.15, -0.1) is 0 Å². The molecule has 166 valence electrons. The van der Waals surface area contributed by atoms with E-state index < -0.39 is 0 Å². The maximum absolute atomic E-state index is 13.3. The van der Waals surface area contributed by atoms with Gasteiger partial charge in [0.15, 0.2) is 0 Å². The molecular weight excluding hydrogens is 386 g/mol. The largest absolute Gasteiger partial charge is 0.448 e. The predicted octanol–water partition coefficient (Wildman–Crippen LogP) is 5.98. The summed E-state index contributed by atoms with van der Waals surface area (Å²) in [4.78, 5) is 15.2.